The molecule has 3 aromatic rings. The molecule has 1 saturated heterocycles. The quantitative estimate of drug-likeness (QED) is 0.577. The highest BCUT2D eigenvalue weighted by molar-refractivity contribution is 5.76. The van der Waals surface area contributed by atoms with E-state index >= 15 is 0 Å². The maximum absolute atomic E-state index is 12.4. The SMILES string of the molecule is CNc1ccc2ncc(-c3cccc(OC(=O)C4CCOCC4)c3)n2c1. The second kappa shape index (κ2) is 7.17. The number of nitrogens with one attached hydrogen (secondary N) is 1. The van der Waals surface area contributed by atoms with Crippen LogP contribution in [-0.2, 0) is 9.53 Å². The number of ether oxygens (including phenoxy) is 2. The second-order valence-electron chi connectivity index (χ2n) is 6.37. The van der Waals surface area contributed by atoms with Crippen molar-refractivity contribution in [1.29, 1.82) is 0 Å². The Labute approximate surface area is 151 Å². The van der Waals surface area contributed by atoms with E-state index in [4.69, 9.17) is 9.47 Å². The molecular formula is C20H21N3O3. The predicted molar refractivity (Wildman–Crippen MR) is 99.4 cm³/mol. The number of aromatic nitrogens is 2. The first-order valence-electron chi connectivity index (χ1n) is 8.79. The Balaban J connectivity index is 1.60. The molecular weight excluding hydrogens is 330 g/mol. The van der Waals surface area contributed by atoms with Crippen LogP contribution in [0.4, 0.5) is 5.69 Å². The van der Waals surface area contributed by atoms with Gasteiger partial charge in [-0.1, -0.05) is 12.1 Å². The summed E-state index contributed by atoms with van der Waals surface area (Å²) in [5, 5.41) is 3.13. The summed E-state index contributed by atoms with van der Waals surface area (Å²) in [6, 6.07) is 11.5. The summed E-state index contributed by atoms with van der Waals surface area (Å²) in [6.07, 6.45) is 5.27. The summed E-state index contributed by atoms with van der Waals surface area (Å²) in [5.74, 6) is 0.293. The number of benzene rings is 1. The fourth-order valence-electron chi connectivity index (χ4n) is 3.19. The average molecular weight is 351 g/mol. The van der Waals surface area contributed by atoms with E-state index in [1.165, 1.54) is 0 Å². The number of fused-ring (bicyclic) bond motifs is 1. The van der Waals surface area contributed by atoms with Crippen molar-refractivity contribution in [1.82, 2.24) is 9.38 Å². The lowest BCUT2D eigenvalue weighted by Gasteiger charge is -2.20. The first-order valence-corrected chi connectivity index (χ1v) is 8.79. The van der Waals surface area contributed by atoms with E-state index in [1.54, 1.807) is 0 Å². The molecule has 1 fully saturated rings. The molecule has 0 bridgehead atoms. The van der Waals surface area contributed by atoms with Gasteiger partial charge >= 0.3 is 5.97 Å². The highest BCUT2D eigenvalue weighted by atomic mass is 16.5. The molecule has 1 N–H and O–H groups in total. The minimum Gasteiger partial charge on any atom is -0.426 e. The smallest absolute Gasteiger partial charge is 0.314 e. The van der Waals surface area contributed by atoms with E-state index in [2.05, 4.69) is 10.3 Å². The molecule has 3 heterocycles. The van der Waals surface area contributed by atoms with Gasteiger partial charge in [-0.2, -0.15) is 0 Å². The Bertz CT molecular complexity index is 929. The van der Waals surface area contributed by atoms with E-state index in [9.17, 15) is 4.79 Å². The number of hydrogen-bond donors (Lipinski definition) is 1. The number of anilines is 1. The van der Waals surface area contributed by atoms with Crippen molar-refractivity contribution in [3.05, 3.63) is 48.8 Å². The molecule has 0 amide bonds. The van der Waals surface area contributed by atoms with Crippen LogP contribution in [0.1, 0.15) is 12.8 Å². The van der Waals surface area contributed by atoms with Gasteiger partial charge in [0.25, 0.3) is 0 Å². The van der Waals surface area contributed by atoms with E-state index in [0.29, 0.717) is 19.0 Å². The van der Waals surface area contributed by atoms with Gasteiger partial charge in [-0.3, -0.25) is 9.20 Å². The molecule has 2 aromatic heterocycles. The number of rotatable bonds is 4. The summed E-state index contributed by atoms with van der Waals surface area (Å²) in [4.78, 5) is 16.8. The molecule has 0 radical (unpaired) electrons. The van der Waals surface area contributed by atoms with Crippen LogP contribution in [0.25, 0.3) is 16.9 Å². The summed E-state index contributed by atoms with van der Waals surface area (Å²) >= 11 is 0. The number of hydrogen-bond acceptors (Lipinski definition) is 5. The topological polar surface area (TPSA) is 64.9 Å². The lowest BCUT2D eigenvalue weighted by Crippen LogP contribution is -2.27. The molecule has 134 valence electrons. The number of pyridine rings is 1. The van der Waals surface area contributed by atoms with Crippen LogP contribution in [0.5, 0.6) is 5.75 Å². The van der Waals surface area contributed by atoms with Gasteiger partial charge in [0.1, 0.15) is 11.4 Å². The molecule has 0 spiro atoms. The van der Waals surface area contributed by atoms with E-state index in [-0.39, 0.29) is 11.9 Å². The van der Waals surface area contributed by atoms with Gasteiger partial charge in [0.2, 0.25) is 0 Å². The number of carbonyl (C=O) groups is 1. The van der Waals surface area contributed by atoms with Crippen molar-refractivity contribution in [2.75, 3.05) is 25.6 Å². The van der Waals surface area contributed by atoms with Crippen LogP contribution in [0.15, 0.2) is 48.8 Å². The monoisotopic (exact) mass is 351 g/mol. The first-order chi connectivity index (χ1) is 12.7. The molecule has 4 rings (SSSR count). The normalized spacial score (nSPS) is 15.1. The Morgan fingerprint density at radius 3 is 2.92 bits per heavy atom. The van der Waals surface area contributed by atoms with Crippen LogP contribution in [0.3, 0.4) is 0 Å². The van der Waals surface area contributed by atoms with Crippen LogP contribution >= 0.6 is 0 Å². The zero-order valence-corrected chi connectivity index (χ0v) is 14.6. The lowest BCUT2D eigenvalue weighted by molar-refractivity contribution is -0.141. The standard InChI is InChI=1S/C20H21N3O3/c1-21-16-5-6-19-22-12-18(23(19)13-16)15-3-2-4-17(11-15)26-20(24)14-7-9-25-10-8-14/h2-6,11-14,21H,7-10H2,1H3. The molecule has 26 heavy (non-hydrogen) atoms. The predicted octanol–water partition coefficient (Wildman–Crippen LogP) is 3.38. The fraction of sp³-hybridized carbons (Fsp3) is 0.300. The number of nitrogens with zero attached hydrogens (tertiary/aromatic N) is 2. The zero-order chi connectivity index (χ0) is 17.9. The molecule has 1 aliphatic heterocycles. The van der Waals surface area contributed by atoms with E-state index < -0.39 is 0 Å². The molecule has 0 aliphatic carbocycles. The Hall–Kier alpha value is -2.86. The second-order valence-corrected chi connectivity index (χ2v) is 6.37. The van der Waals surface area contributed by atoms with Crippen molar-refractivity contribution < 1.29 is 14.3 Å². The Kier molecular flexibility index (Phi) is 4.58. The van der Waals surface area contributed by atoms with Crippen LogP contribution < -0.4 is 10.1 Å². The van der Waals surface area contributed by atoms with Gasteiger partial charge in [0.15, 0.2) is 0 Å². The molecule has 1 aromatic carbocycles. The summed E-state index contributed by atoms with van der Waals surface area (Å²) in [5.41, 5.74) is 3.76. The molecule has 6 heteroatoms. The maximum atomic E-state index is 12.4. The van der Waals surface area contributed by atoms with Gasteiger partial charge in [-0.15, -0.1) is 0 Å². The molecule has 0 atom stereocenters. The minimum absolute atomic E-state index is 0.0820. The van der Waals surface area contributed by atoms with E-state index in [1.807, 2.05) is 60.2 Å². The highest BCUT2D eigenvalue weighted by Gasteiger charge is 2.23. The molecule has 6 nitrogen and oxygen atoms in total. The molecule has 0 saturated carbocycles. The number of esters is 1. The van der Waals surface area contributed by atoms with Gasteiger partial charge < -0.3 is 14.8 Å². The maximum Gasteiger partial charge on any atom is 0.314 e. The number of carbonyl (C=O) groups excluding carboxylic acids is 1. The van der Waals surface area contributed by atoms with E-state index in [0.717, 1.165) is 35.4 Å². The summed E-state index contributed by atoms with van der Waals surface area (Å²) in [6.45, 7) is 1.24. The van der Waals surface area contributed by atoms with Crippen molar-refractivity contribution in [3.8, 4) is 17.0 Å². The lowest BCUT2D eigenvalue weighted by atomic mass is 10.0. The van der Waals surface area contributed by atoms with Gasteiger partial charge in [0.05, 0.1) is 23.5 Å². The van der Waals surface area contributed by atoms with Gasteiger partial charge in [-0.25, -0.2) is 4.98 Å². The third-order valence-corrected chi connectivity index (χ3v) is 4.70. The number of imidazole rings is 1. The third kappa shape index (κ3) is 3.28. The molecule has 1 aliphatic rings. The zero-order valence-electron chi connectivity index (χ0n) is 14.6. The largest absolute Gasteiger partial charge is 0.426 e. The first kappa shape index (κ1) is 16.6. The average Bonchev–Trinajstić information content (AvgIpc) is 3.12. The Morgan fingerprint density at radius 1 is 1.27 bits per heavy atom. The summed E-state index contributed by atoms with van der Waals surface area (Å²) in [7, 11) is 1.88. The summed E-state index contributed by atoms with van der Waals surface area (Å²) < 4.78 is 12.9. The fourth-order valence-corrected chi connectivity index (χ4v) is 3.19. The van der Waals surface area contributed by atoms with Crippen LogP contribution in [0, 0.1) is 5.92 Å². The van der Waals surface area contributed by atoms with Gasteiger partial charge in [-0.05, 0) is 37.1 Å². The molecule has 0 unspecified atom stereocenters. The highest BCUT2D eigenvalue weighted by Crippen LogP contribution is 2.27. The Morgan fingerprint density at radius 2 is 2.12 bits per heavy atom. The van der Waals surface area contributed by atoms with Crippen LogP contribution in [-0.4, -0.2) is 35.6 Å². The van der Waals surface area contributed by atoms with Crippen molar-refractivity contribution in [2.45, 2.75) is 12.8 Å². The van der Waals surface area contributed by atoms with Crippen molar-refractivity contribution >= 4 is 17.3 Å². The van der Waals surface area contributed by atoms with Gasteiger partial charge in [0, 0.05) is 32.0 Å². The minimum atomic E-state index is -0.180. The van der Waals surface area contributed by atoms with Crippen LogP contribution in [0.2, 0.25) is 0 Å². The van der Waals surface area contributed by atoms with Crippen molar-refractivity contribution in [2.24, 2.45) is 5.92 Å². The van der Waals surface area contributed by atoms with Crippen molar-refractivity contribution in [3.63, 3.8) is 0 Å². The third-order valence-electron chi connectivity index (χ3n) is 4.70.